The van der Waals surface area contributed by atoms with E-state index in [-0.39, 0.29) is 0 Å². The van der Waals surface area contributed by atoms with Crippen LogP contribution in [-0.4, -0.2) is 30.5 Å². The number of carbonyl (C=O) groups excluding carboxylic acids is 1. The highest BCUT2D eigenvalue weighted by Gasteiger charge is 2.31. The van der Waals surface area contributed by atoms with Crippen molar-refractivity contribution in [3.05, 3.63) is 0 Å². The molecule has 0 saturated carbocycles. The second-order valence-electron chi connectivity index (χ2n) is 4.10. The Kier molecular flexibility index (Phi) is 4.58. The van der Waals surface area contributed by atoms with E-state index in [0.29, 0.717) is 0 Å². The van der Waals surface area contributed by atoms with Gasteiger partial charge in [-0.25, -0.2) is 4.79 Å². The molecule has 1 atom stereocenters. The van der Waals surface area contributed by atoms with Crippen LogP contribution < -0.4 is 0 Å². The van der Waals surface area contributed by atoms with E-state index in [4.69, 9.17) is 4.74 Å². The van der Waals surface area contributed by atoms with E-state index < -0.39 is 30.5 Å². The minimum absolute atomic E-state index is 0.729. The van der Waals surface area contributed by atoms with Crippen LogP contribution in [0, 0.1) is 0 Å². The molecule has 0 saturated heterocycles. The molecule has 3 nitrogen and oxygen atoms in total. The van der Waals surface area contributed by atoms with Crippen LogP contribution in [0.1, 0.15) is 27.7 Å². The van der Waals surface area contributed by atoms with Gasteiger partial charge in [0.2, 0.25) is 0 Å². The molecular weight excluding hydrogens is 213 g/mol. The lowest BCUT2D eigenvalue weighted by Gasteiger charge is -2.22. The molecule has 0 radical (unpaired) electrons. The summed E-state index contributed by atoms with van der Waals surface area (Å²) in [6, 6.07) is 0. The highest BCUT2D eigenvalue weighted by atomic mass is 19.4. The fourth-order valence-electron chi connectivity index (χ4n) is 0.672. The molecule has 0 spiro atoms. The van der Waals surface area contributed by atoms with E-state index in [1.807, 2.05) is 0 Å². The summed E-state index contributed by atoms with van der Waals surface area (Å²) in [7, 11) is 0. The molecular formula is C9H15F3O3. The van der Waals surface area contributed by atoms with Crippen LogP contribution in [0.2, 0.25) is 0 Å². The number of rotatable bonds is 3. The van der Waals surface area contributed by atoms with Gasteiger partial charge >= 0.3 is 12.1 Å². The third-order valence-corrected chi connectivity index (χ3v) is 1.24. The minimum atomic E-state index is -4.43. The van der Waals surface area contributed by atoms with Gasteiger partial charge in [0, 0.05) is 0 Å². The van der Waals surface area contributed by atoms with Crippen molar-refractivity contribution >= 4 is 5.97 Å². The summed E-state index contributed by atoms with van der Waals surface area (Å²) in [5.41, 5.74) is -0.729. The van der Waals surface area contributed by atoms with Crippen molar-refractivity contribution in [1.29, 1.82) is 0 Å². The average molecular weight is 228 g/mol. The molecule has 90 valence electrons. The molecule has 0 aliphatic carbocycles. The number of esters is 1. The maximum absolute atomic E-state index is 11.7. The summed E-state index contributed by atoms with van der Waals surface area (Å²) in [6.45, 7) is 4.65. The number of hydrogen-bond acceptors (Lipinski definition) is 3. The Hall–Kier alpha value is -0.780. The predicted octanol–water partition coefficient (Wildman–Crippen LogP) is 2.30. The second kappa shape index (κ2) is 4.83. The molecule has 0 bridgehead atoms. The van der Waals surface area contributed by atoms with Gasteiger partial charge in [-0.3, -0.25) is 0 Å². The smallest absolute Gasteiger partial charge is 0.411 e. The summed E-state index contributed by atoms with van der Waals surface area (Å²) in [5, 5.41) is 0. The van der Waals surface area contributed by atoms with Gasteiger partial charge in [0.05, 0.1) is 0 Å². The van der Waals surface area contributed by atoms with E-state index in [0.717, 1.165) is 0 Å². The van der Waals surface area contributed by atoms with Crippen molar-refractivity contribution < 1.29 is 27.4 Å². The Morgan fingerprint density at radius 3 is 2.07 bits per heavy atom. The number of alkyl halides is 3. The largest absolute Gasteiger partial charge is 0.458 e. The third-order valence-electron chi connectivity index (χ3n) is 1.24. The Labute approximate surface area is 86.5 Å². The first-order chi connectivity index (χ1) is 6.51. The van der Waals surface area contributed by atoms with Crippen molar-refractivity contribution in [3.8, 4) is 0 Å². The summed E-state index contributed by atoms with van der Waals surface area (Å²) < 4.78 is 44.4. The van der Waals surface area contributed by atoms with Crippen LogP contribution in [-0.2, 0) is 14.3 Å². The van der Waals surface area contributed by atoms with Crippen LogP contribution >= 0.6 is 0 Å². The van der Waals surface area contributed by atoms with E-state index in [1.54, 1.807) is 20.8 Å². The van der Waals surface area contributed by atoms with E-state index >= 15 is 0 Å². The van der Waals surface area contributed by atoms with E-state index in [9.17, 15) is 18.0 Å². The van der Waals surface area contributed by atoms with Crippen molar-refractivity contribution in [2.24, 2.45) is 0 Å². The molecule has 0 aromatic heterocycles. The summed E-state index contributed by atoms with van der Waals surface area (Å²) in [5.74, 6) is -0.799. The molecule has 6 heteroatoms. The highest BCUT2D eigenvalue weighted by molar-refractivity contribution is 5.74. The van der Waals surface area contributed by atoms with Gasteiger partial charge in [-0.2, -0.15) is 13.2 Å². The Morgan fingerprint density at radius 2 is 1.73 bits per heavy atom. The average Bonchev–Trinajstić information content (AvgIpc) is 1.95. The van der Waals surface area contributed by atoms with E-state index in [2.05, 4.69) is 4.74 Å². The van der Waals surface area contributed by atoms with Gasteiger partial charge < -0.3 is 9.47 Å². The van der Waals surface area contributed by atoms with Crippen molar-refractivity contribution in [1.82, 2.24) is 0 Å². The Morgan fingerprint density at radius 1 is 1.27 bits per heavy atom. The third kappa shape index (κ3) is 8.23. The lowest BCUT2D eigenvalue weighted by atomic mass is 10.2. The summed E-state index contributed by atoms with van der Waals surface area (Å²) >= 11 is 0. The SMILES string of the molecule is CC(OCC(F)(F)F)C(=O)OC(C)(C)C. The molecule has 0 amide bonds. The van der Waals surface area contributed by atoms with Crippen LogP contribution in [0.3, 0.4) is 0 Å². The number of carbonyl (C=O) groups is 1. The Balaban J connectivity index is 4.01. The number of ether oxygens (including phenoxy) is 2. The lowest BCUT2D eigenvalue weighted by Crippen LogP contribution is -2.33. The number of halogens is 3. The van der Waals surface area contributed by atoms with Crippen LogP contribution in [0.15, 0.2) is 0 Å². The normalized spacial score (nSPS) is 14.9. The van der Waals surface area contributed by atoms with Crippen molar-refractivity contribution in [3.63, 3.8) is 0 Å². The van der Waals surface area contributed by atoms with Crippen LogP contribution in [0.25, 0.3) is 0 Å². The zero-order valence-electron chi connectivity index (χ0n) is 9.14. The summed E-state index contributed by atoms with van der Waals surface area (Å²) in [4.78, 5) is 11.2. The number of hydrogen-bond donors (Lipinski definition) is 0. The van der Waals surface area contributed by atoms with Crippen LogP contribution in [0.4, 0.5) is 13.2 Å². The van der Waals surface area contributed by atoms with E-state index in [1.165, 1.54) is 6.92 Å². The first-order valence-electron chi connectivity index (χ1n) is 4.42. The van der Waals surface area contributed by atoms with Gasteiger partial charge in [0.15, 0.2) is 6.10 Å². The summed E-state index contributed by atoms with van der Waals surface area (Å²) in [6.07, 6.45) is -5.65. The van der Waals surface area contributed by atoms with Crippen molar-refractivity contribution in [2.75, 3.05) is 6.61 Å². The zero-order valence-corrected chi connectivity index (χ0v) is 9.14. The van der Waals surface area contributed by atoms with Crippen LogP contribution in [0.5, 0.6) is 0 Å². The topological polar surface area (TPSA) is 35.5 Å². The van der Waals surface area contributed by atoms with Gasteiger partial charge in [0.1, 0.15) is 12.2 Å². The maximum Gasteiger partial charge on any atom is 0.411 e. The van der Waals surface area contributed by atoms with Gasteiger partial charge in [-0.15, -0.1) is 0 Å². The monoisotopic (exact) mass is 228 g/mol. The minimum Gasteiger partial charge on any atom is -0.458 e. The highest BCUT2D eigenvalue weighted by Crippen LogP contribution is 2.16. The van der Waals surface area contributed by atoms with Gasteiger partial charge in [-0.1, -0.05) is 0 Å². The molecule has 0 aliphatic heterocycles. The predicted molar refractivity (Wildman–Crippen MR) is 47.3 cm³/mol. The first-order valence-corrected chi connectivity index (χ1v) is 4.42. The fraction of sp³-hybridized carbons (Fsp3) is 0.889. The molecule has 15 heavy (non-hydrogen) atoms. The molecule has 0 fully saturated rings. The molecule has 0 aliphatic rings. The molecule has 0 N–H and O–H groups in total. The quantitative estimate of drug-likeness (QED) is 0.695. The van der Waals surface area contributed by atoms with Gasteiger partial charge in [-0.05, 0) is 27.7 Å². The standard InChI is InChI=1S/C9H15F3O3/c1-6(14-5-9(10,11)12)7(13)15-8(2,3)4/h6H,5H2,1-4H3. The maximum atomic E-state index is 11.7. The first kappa shape index (κ1) is 14.2. The lowest BCUT2D eigenvalue weighted by molar-refractivity contribution is -0.197. The van der Waals surface area contributed by atoms with Gasteiger partial charge in [0.25, 0.3) is 0 Å². The molecule has 0 aromatic rings. The zero-order chi connectivity index (χ0) is 12.3. The van der Waals surface area contributed by atoms with Crippen molar-refractivity contribution in [2.45, 2.75) is 45.6 Å². The molecule has 0 rings (SSSR count). The Bertz CT molecular complexity index is 218. The molecule has 0 heterocycles. The molecule has 1 unspecified atom stereocenters. The molecule has 0 aromatic carbocycles. The second-order valence-corrected chi connectivity index (χ2v) is 4.10. The fourth-order valence-corrected chi connectivity index (χ4v) is 0.672.